The van der Waals surface area contributed by atoms with Gasteiger partial charge in [0.05, 0.1) is 23.3 Å². The molecule has 0 amide bonds. The monoisotopic (exact) mass is 385 g/mol. The highest BCUT2D eigenvalue weighted by Crippen LogP contribution is 2.44. The summed E-state index contributed by atoms with van der Waals surface area (Å²) >= 11 is 12.8. The van der Waals surface area contributed by atoms with E-state index in [1.54, 1.807) is 0 Å². The number of fused-ring (bicyclic) bond motifs is 2. The van der Waals surface area contributed by atoms with Crippen LogP contribution in [0.4, 0.5) is 0 Å². The van der Waals surface area contributed by atoms with Gasteiger partial charge in [0.15, 0.2) is 0 Å². The Morgan fingerprint density at radius 2 is 2.24 bits per heavy atom. The molecule has 0 aromatic heterocycles. The zero-order chi connectivity index (χ0) is 17.9. The number of morpholine rings is 1. The van der Waals surface area contributed by atoms with E-state index in [0.717, 1.165) is 56.4 Å². The van der Waals surface area contributed by atoms with Crippen LogP contribution in [0.2, 0.25) is 10.0 Å². The molecule has 1 aromatic rings. The lowest BCUT2D eigenvalue weighted by Crippen LogP contribution is -2.38. The zero-order valence-corrected chi connectivity index (χ0v) is 16.1. The van der Waals surface area contributed by atoms with Crippen LogP contribution >= 0.6 is 23.2 Å². The predicted molar refractivity (Wildman–Crippen MR) is 99.3 cm³/mol. The van der Waals surface area contributed by atoms with Crippen molar-refractivity contribution in [3.05, 3.63) is 33.3 Å². The summed E-state index contributed by atoms with van der Waals surface area (Å²) in [5.41, 5.74) is 1.91. The number of hydrogen-bond donors (Lipinski definition) is 1. The Balaban J connectivity index is 1.66. The smallest absolute Gasteiger partial charge is 0.305 e. The molecule has 2 aliphatic heterocycles. The molecule has 138 valence electrons. The average Bonchev–Trinajstić information content (AvgIpc) is 3.22. The summed E-state index contributed by atoms with van der Waals surface area (Å²) in [6, 6.07) is 4.33. The van der Waals surface area contributed by atoms with Crippen LogP contribution < -0.4 is 5.32 Å². The van der Waals surface area contributed by atoms with E-state index in [2.05, 4.69) is 11.4 Å². The van der Waals surface area contributed by atoms with Gasteiger partial charge in [-0.15, -0.1) is 0 Å². The van der Waals surface area contributed by atoms with E-state index in [1.165, 1.54) is 0 Å². The van der Waals surface area contributed by atoms with Gasteiger partial charge in [0.2, 0.25) is 0 Å². The first-order valence-corrected chi connectivity index (χ1v) is 9.81. The van der Waals surface area contributed by atoms with Crippen LogP contribution in [0.5, 0.6) is 0 Å². The Hall–Kier alpha value is -0.810. The van der Waals surface area contributed by atoms with Gasteiger partial charge in [-0.2, -0.15) is 0 Å². The summed E-state index contributed by atoms with van der Waals surface area (Å²) in [5, 5.41) is 4.68. The molecule has 0 radical (unpaired) electrons. The number of carbonyl (C=O) groups is 1. The van der Waals surface area contributed by atoms with Gasteiger partial charge in [0.25, 0.3) is 0 Å². The molecule has 3 rings (SSSR count). The molecular weight excluding hydrogens is 361 g/mol. The van der Waals surface area contributed by atoms with Gasteiger partial charge >= 0.3 is 5.97 Å². The largest absolute Gasteiger partial charge is 0.466 e. The van der Waals surface area contributed by atoms with Gasteiger partial charge in [0.1, 0.15) is 5.60 Å². The Bertz CT molecular complexity index is 627. The minimum atomic E-state index is -0.283. The number of unbranched alkanes of at least 4 members (excludes halogenated alkanes) is 1. The molecule has 2 aliphatic rings. The first-order valence-electron chi connectivity index (χ1n) is 9.06. The van der Waals surface area contributed by atoms with E-state index in [1.807, 2.05) is 13.0 Å². The highest BCUT2D eigenvalue weighted by atomic mass is 35.5. The van der Waals surface area contributed by atoms with E-state index < -0.39 is 0 Å². The third kappa shape index (κ3) is 4.13. The molecule has 0 aliphatic carbocycles. The summed E-state index contributed by atoms with van der Waals surface area (Å²) in [5.74, 6) is -0.125. The van der Waals surface area contributed by atoms with Crippen molar-refractivity contribution in [3.8, 4) is 0 Å². The maximum atomic E-state index is 11.6. The van der Waals surface area contributed by atoms with Crippen molar-refractivity contribution in [2.24, 2.45) is 0 Å². The van der Waals surface area contributed by atoms with Gasteiger partial charge in [-0.3, -0.25) is 4.79 Å². The second-order valence-electron chi connectivity index (χ2n) is 6.90. The van der Waals surface area contributed by atoms with E-state index in [4.69, 9.17) is 32.7 Å². The average molecular weight is 386 g/mol. The number of ether oxygens (including phenoxy) is 2. The molecule has 6 heteroatoms. The lowest BCUT2D eigenvalue weighted by Gasteiger charge is -2.30. The second-order valence-corrected chi connectivity index (χ2v) is 7.69. The van der Waals surface area contributed by atoms with E-state index in [9.17, 15) is 4.79 Å². The molecule has 4 nitrogen and oxygen atoms in total. The van der Waals surface area contributed by atoms with Crippen molar-refractivity contribution in [1.29, 1.82) is 0 Å². The van der Waals surface area contributed by atoms with Crippen LogP contribution in [-0.4, -0.2) is 31.8 Å². The zero-order valence-electron chi connectivity index (χ0n) is 14.6. The first kappa shape index (κ1) is 19.0. The third-order valence-electron chi connectivity index (χ3n) is 5.03. The number of hydrogen-bond acceptors (Lipinski definition) is 4. The minimum Gasteiger partial charge on any atom is -0.466 e. The predicted octanol–water partition coefficient (Wildman–Crippen LogP) is 4.25. The minimum absolute atomic E-state index is 0.125. The van der Waals surface area contributed by atoms with Gasteiger partial charge in [0, 0.05) is 19.0 Å². The highest BCUT2D eigenvalue weighted by molar-refractivity contribution is 6.42. The quantitative estimate of drug-likeness (QED) is 0.536. The molecule has 2 atom stereocenters. The number of rotatable bonds is 8. The van der Waals surface area contributed by atoms with Crippen molar-refractivity contribution in [1.82, 2.24) is 5.32 Å². The summed E-state index contributed by atoms with van der Waals surface area (Å²) in [6.07, 6.45) is 4.69. The number of benzene rings is 1. The summed E-state index contributed by atoms with van der Waals surface area (Å²) in [6.45, 7) is 4.04. The number of carbonyl (C=O) groups excluding carboxylic acids is 1. The molecule has 2 saturated heterocycles. The van der Waals surface area contributed by atoms with E-state index >= 15 is 0 Å². The molecule has 2 fully saturated rings. The summed E-state index contributed by atoms with van der Waals surface area (Å²) in [7, 11) is 0. The first-order chi connectivity index (χ1) is 12.1. The molecule has 25 heavy (non-hydrogen) atoms. The van der Waals surface area contributed by atoms with Crippen LogP contribution in [0.3, 0.4) is 0 Å². The highest BCUT2D eigenvalue weighted by Gasteiger charge is 2.48. The van der Waals surface area contributed by atoms with Gasteiger partial charge in [-0.1, -0.05) is 36.2 Å². The fourth-order valence-corrected chi connectivity index (χ4v) is 4.18. The maximum absolute atomic E-state index is 11.6. The Labute approximate surface area is 159 Å². The second kappa shape index (κ2) is 8.26. The van der Waals surface area contributed by atoms with Crippen molar-refractivity contribution in [2.45, 2.75) is 57.1 Å². The molecule has 0 saturated carbocycles. The number of esters is 1. The molecule has 1 N–H and O–H groups in total. The number of nitrogens with one attached hydrogen (secondary N) is 1. The fraction of sp³-hybridized carbons (Fsp3) is 0.632. The lowest BCUT2D eigenvalue weighted by molar-refractivity contribution is -0.143. The van der Waals surface area contributed by atoms with Crippen LogP contribution in [0.15, 0.2) is 12.1 Å². The van der Waals surface area contributed by atoms with Crippen LogP contribution in [0, 0.1) is 0 Å². The van der Waals surface area contributed by atoms with Crippen LogP contribution in [-0.2, 0) is 26.3 Å². The molecule has 2 heterocycles. The number of halogens is 2. The van der Waals surface area contributed by atoms with E-state index in [0.29, 0.717) is 29.1 Å². The summed E-state index contributed by atoms with van der Waals surface area (Å²) < 4.78 is 11.2. The molecule has 0 spiro atoms. The normalized spacial score (nSPS) is 24.7. The van der Waals surface area contributed by atoms with Crippen molar-refractivity contribution in [3.63, 3.8) is 0 Å². The molecule has 2 bridgehead atoms. The van der Waals surface area contributed by atoms with Crippen molar-refractivity contribution in [2.75, 3.05) is 19.8 Å². The Morgan fingerprint density at radius 1 is 1.40 bits per heavy atom. The molecular formula is C19H25Cl2NO3. The van der Waals surface area contributed by atoms with Crippen molar-refractivity contribution < 1.29 is 14.3 Å². The van der Waals surface area contributed by atoms with Gasteiger partial charge in [-0.25, -0.2) is 0 Å². The van der Waals surface area contributed by atoms with Crippen LogP contribution in [0.25, 0.3) is 0 Å². The third-order valence-corrected chi connectivity index (χ3v) is 5.87. The Kier molecular flexibility index (Phi) is 6.26. The standard InChI is InChI=1S/C19H25Cl2NO3/c1-2-9-24-17(23)6-4-3-5-14-15(7-8-16(20)18(14)21)19-10-13(11-25-19)22-12-19/h7-8,13,22H,2-6,9-12H2,1H3. The Morgan fingerprint density at radius 3 is 2.88 bits per heavy atom. The van der Waals surface area contributed by atoms with Gasteiger partial charge in [-0.05, 0) is 49.3 Å². The molecule has 1 aromatic carbocycles. The van der Waals surface area contributed by atoms with Crippen LogP contribution in [0.1, 0.15) is 50.2 Å². The van der Waals surface area contributed by atoms with E-state index in [-0.39, 0.29) is 11.6 Å². The van der Waals surface area contributed by atoms with Gasteiger partial charge < -0.3 is 14.8 Å². The fourth-order valence-electron chi connectivity index (χ4n) is 3.75. The topological polar surface area (TPSA) is 47.6 Å². The SMILES string of the molecule is CCCOC(=O)CCCCc1c(C23CNC(CO2)C3)ccc(Cl)c1Cl. The lowest BCUT2D eigenvalue weighted by atomic mass is 9.87. The molecule has 2 unspecified atom stereocenters. The summed E-state index contributed by atoms with van der Waals surface area (Å²) in [4.78, 5) is 11.6. The van der Waals surface area contributed by atoms with Crippen molar-refractivity contribution >= 4 is 29.2 Å². The maximum Gasteiger partial charge on any atom is 0.305 e.